The van der Waals surface area contributed by atoms with Crippen LogP contribution < -0.4 is 5.32 Å². The molecule has 3 heterocycles. The van der Waals surface area contributed by atoms with Crippen molar-refractivity contribution in [3.05, 3.63) is 46.9 Å². The fourth-order valence-corrected chi connectivity index (χ4v) is 4.55. The molecule has 0 saturated heterocycles. The maximum atomic E-state index is 14.0. The zero-order valence-electron chi connectivity index (χ0n) is 18.3. The number of hydrogen-bond donors (Lipinski definition) is 2. The van der Waals surface area contributed by atoms with Crippen molar-refractivity contribution >= 4 is 18.0 Å². The van der Waals surface area contributed by atoms with Crippen LogP contribution in [-0.2, 0) is 6.54 Å². The lowest BCUT2D eigenvalue weighted by Crippen LogP contribution is -2.31. The van der Waals surface area contributed by atoms with Crippen molar-refractivity contribution in [2.24, 2.45) is 0 Å². The van der Waals surface area contributed by atoms with Gasteiger partial charge in [0.15, 0.2) is 10.6 Å². The number of aromatic nitrogens is 5. The largest absolute Gasteiger partial charge is 0.363 e. The van der Waals surface area contributed by atoms with Gasteiger partial charge in [0.1, 0.15) is 11.9 Å². The average molecular weight is 462 g/mol. The number of nitrogens with zero attached hydrogens (tertiary/aromatic N) is 5. The fraction of sp³-hybridized carbons (Fsp3) is 0.500. The third-order valence-electron chi connectivity index (χ3n) is 6.14. The van der Waals surface area contributed by atoms with Crippen molar-refractivity contribution in [3.63, 3.8) is 0 Å². The van der Waals surface area contributed by atoms with E-state index in [1.54, 1.807) is 6.20 Å². The quantitative estimate of drug-likeness (QED) is 0.444. The Hall–Kier alpha value is -2.59. The van der Waals surface area contributed by atoms with Gasteiger partial charge in [-0.2, -0.15) is 10.2 Å². The molecule has 0 unspecified atom stereocenters. The lowest BCUT2D eigenvalue weighted by Gasteiger charge is -2.32. The molecule has 0 radical (unpaired) electrons. The Morgan fingerprint density at radius 3 is 2.66 bits per heavy atom. The van der Waals surface area contributed by atoms with Crippen molar-refractivity contribution in [1.29, 1.82) is 0 Å². The topological polar surface area (TPSA) is 66.7 Å². The summed E-state index contributed by atoms with van der Waals surface area (Å²) in [6.45, 7) is 7.92. The summed E-state index contributed by atoms with van der Waals surface area (Å²) >= 11 is 5.47. The minimum absolute atomic E-state index is 0.240. The first kappa shape index (κ1) is 22.6. The van der Waals surface area contributed by atoms with Crippen LogP contribution in [0.15, 0.2) is 36.5 Å². The third-order valence-corrected chi connectivity index (χ3v) is 6.45. The Bertz CT molecular complexity index is 1070. The van der Waals surface area contributed by atoms with Crippen molar-refractivity contribution in [1.82, 2.24) is 29.4 Å². The summed E-state index contributed by atoms with van der Waals surface area (Å²) < 4.78 is 31.8. The molecule has 0 aliphatic carbocycles. The van der Waals surface area contributed by atoms with Gasteiger partial charge in [0.25, 0.3) is 6.43 Å². The third kappa shape index (κ3) is 4.47. The number of fused-ring (bicyclic) bond motifs is 1. The minimum Gasteiger partial charge on any atom is -0.363 e. The zero-order valence-corrected chi connectivity index (χ0v) is 19.2. The van der Waals surface area contributed by atoms with E-state index >= 15 is 0 Å². The number of benzene rings is 1. The molecule has 2 N–H and O–H groups in total. The van der Waals surface area contributed by atoms with E-state index in [1.807, 2.05) is 34.9 Å². The van der Waals surface area contributed by atoms with E-state index in [2.05, 4.69) is 39.4 Å². The molecule has 2 aromatic heterocycles. The summed E-state index contributed by atoms with van der Waals surface area (Å²) in [6, 6.07) is 8.41. The molecule has 1 aliphatic rings. The van der Waals surface area contributed by atoms with Crippen molar-refractivity contribution < 1.29 is 8.78 Å². The molecular formula is C22H29F2N7S. The number of nitrogens with one attached hydrogen (secondary N) is 2. The van der Waals surface area contributed by atoms with Crippen LogP contribution in [-0.4, -0.2) is 55.5 Å². The smallest absolute Gasteiger partial charge is 0.260 e. The molecule has 10 heteroatoms. The first-order chi connectivity index (χ1) is 15.5. The number of aromatic amines is 1. The van der Waals surface area contributed by atoms with E-state index in [4.69, 9.17) is 12.2 Å². The summed E-state index contributed by atoms with van der Waals surface area (Å²) in [5, 5.41) is 15.0. The Balaban J connectivity index is 1.65. The van der Waals surface area contributed by atoms with Crippen LogP contribution in [0, 0.1) is 4.77 Å². The minimum atomic E-state index is -2.52. The van der Waals surface area contributed by atoms with Gasteiger partial charge >= 0.3 is 0 Å². The Morgan fingerprint density at radius 2 is 1.97 bits per heavy atom. The maximum Gasteiger partial charge on any atom is 0.260 e. The van der Waals surface area contributed by atoms with E-state index in [0.717, 1.165) is 31.6 Å². The van der Waals surface area contributed by atoms with E-state index < -0.39 is 12.5 Å². The van der Waals surface area contributed by atoms with Crippen LogP contribution in [0.1, 0.15) is 44.3 Å². The van der Waals surface area contributed by atoms with Crippen molar-refractivity contribution in [3.8, 4) is 11.4 Å². The Labute approximate surface area is 191 Å². The highest BCUT2D eigenvalue weighted by atomic mass is 32.1. The van der Waals surface area contributed by atoms with Crippen LogP contribution in [0.25, 0.3) is 11.4 Å². The monoisotopic (exact) mass is 461 g/mol. The summed E-state index contributed by atoms with van der Waals surface area (Å²) in [5.41, 5.74) is 1.64. The second-order valence-electron chi connectivity index (χ2n) is 7.98. The predicted octanol–water partition coefficient (Wildman–Crippen LogP) is 4.90. The molecule has 3 aromatic rings. The van der Waals surface area contributed by atoms with E-state index in [-0.39, 0.29) is 12.5 Å². The fourth-order valence-electron chi connectivity index (χ4n) is 4.32. The lowest BCUT2D eigenvalue weighted by atomic mass is 9.97. The van der Waals surface area contributed by atoms with Gasteiger partial charge in [-0.25, -0.2) is 13.5 Å². The van der Waals surface area contributed by atoms with Crippen LogP contribution in [0.2, 0.25) is 0 Å². The summed E-state index contributed by atoms with van der Waals surface area (Å²) in [7, 11) is 0. The van der Waals surface area contributed by atoms with Crippen LogP contribution in [0.5, 0.6) is 0 Å². The van der Waals surface area contributed by atoms with Gasteiger partial charge in [-0.1, -0.05) is 44.2 Å². The molecule has 7 nitrogen and oxygen atoms in total. The van der Waals surface area contributed by atoms with Crippen LogP contribution in [0.3, 0.4) is 0 Å². The Kier molecular flexibility index (Phi) is 7.00. The molecule has 32 heavy (non-hydrogen) atoms. The second-order valence-corrected chi connectivity index (χ2v) is 8.37. The summed E-state index contributed by atoms with van der Waals surface area (Å²) in [5.74, 6) is 1.17. The SMILES string of the molecule is CCN(CC)CCCn1c(-c2cnn3c2N[C@@H](c2ccccc2)C[C@@H]3C(F)F)n[nH]c1=S. The van der Waals surface area contributed by atoms with Gasteiger partial charge in [-0.3, -0.25) is 9.67 Å². The van der Waals surface area contributed by atoms with Gasteiger partial charge in [0.05, 0.1) is 17.8 Å². The van der Waals surface area contributed by atoms with Gasteiger partial charge in [-0.15, -0.1) is 0 Å². The molecule has 0 amide bonds. The van der Waals surface area contributed by atoms with Crippen molar-refractivity contribution in [2.75, 3.05) is 25.0 Å². The number of halogens is 2. The molecule has 1 aromatic carbocycles. The molecular weight excluding hydrogens is 432 g/mol. The first-order valence-electron chi connectivity index (χ1n) is 11.1. The van der Waals surface area contributed by atoms with E-state index in [0.29, 0.717) is 28.5 Å². The van der Waals surface area contributed by atoms with E-state index in [1.165, 1.54) is 4.68 Å². The highest BCUT2D eigenvalue weighted by Gasteiger charge is 2.36. The highest BCUT2D eigenvalue weighted by Crippen LogP contribution is 2.41. The molecule has 2 atom stereocenters. The second kappa shape index (κ2) is 9.91. The van der Waals surface area contributed by atoms with E-state index in [9.17, 15) is 8.78 Å². The van der Waals surface area contributed by atoms with Crippen molar-refractivity contribution in [2.45, 2.75) is 51.7 Å². The van der Waals surface area contributed by atoms with Gasteiger partial charge in [0, 0.05) is 6.54 Å². The normalized spacial score (nSPS) is 18.2. The Morgan fingerprint density at radius 1 is 1.22 bits per heavy atom. The number of anilines is 1. The lowest BCUT2D eigenvalue weighted by molar-refractivity contribution is 0.0659. The summed E-state index contributed by atoms with van der Waals surface area (Å²) in [4.78, 5) is 2.35. The maximum absolute atomic E-state index is 14.0. The molecule has 1 aliphatic heterocycles. The average Bonchev–Trinajstić information content (AvgIpc) is 3.39. The number of rotatable bonds is 9. The van der Waals surface area contributed by atoms with Gasteiger partial charge in [-0.05, 0) is 50.3 Å². The number of alkyl halides is 2. The molecule has 0 fully saturated rings. The first-order valence-corrected chi connectivity index (χ1v) is 11.5. The number of H-pyrrole nitrogens is 1. The van der Waals surface area contributed by atoms with Crippen LogP contribution >= 0.6 is 12.2 Å². The molecule has 4 rings (SSSR count). The van der Waals surface area contributed by atoms with Crippen LogP contribution in [0.4, 0.5) is 14.6 Å². The van der Waals surface area contributed by atoms with Gasteiger partial charge < -0.3 is 10.2 Å². The molecule has 0 bridgehead atoms. The predicted molar refractivity (Wildman–Crippen MR) is 124 cm³/mol. The number of hydrogen-bond acceptors (Lipinski definition) is 5. The molecule has 172 valence electrons. The zero-order chi connectivity index (χ0) is 22.7. The molecule has 0 spiro atoms. The van der Waals surface area contributed by atoms with Gasteiger partial charge in [0.2, 0.25) is 0 Å². The highest BCUT2D eigenvalue weighted by molar-refractivity contribution is 7.71. The molecule has 0 saturated carbocycles. The summed E-state index contributed by atoms with van der Waals surface area (Å²) in [6.07, 6.45) is 0.250. The standard InChI is InChI=1S/C22H29F2N7S/c1-3-29(4-2)11-8-12-30-21(27-28-22(30)32)16-14-25-31-18(19(23)24)13-17(26-20(16)31)15-9-6-5-7-10-15/h5-7,9-10,14,17-19,26H,3-4,8,11-13H2,1-2H3,(H,28,32)/t17-,18-/m1/s1.